The van der Waals surface area contributed by atoms with E-state index in [0.29, 0.717) is 31.6 Å². The Balaban J connectivity index is 2.37. The van der Waals surface area contributed by atoms with Crippen LogP contribution in [0.4, 0.5) is 4.79 Å². The normalized spacial score (nSPS) is 17.6. The Morgan fingerprint density at radius 3 is 2.32 bits per heavy atom. The number of hydrogen-bond donors (Lipinski definition) is 3. The van der Waals surface area contributed by atoms with Crippen molar-refractivity contribution in [2.45, 2.75) is 136 Å². The maximum absolute atomic E-state index is 14.1. The summed E-state index contributed by atoms with van der Waals surface area (Å²) in [6.07, 6.45) is 2.36. The molecular formula is C35H58N4O7Si. The lowest BCUT2D eigenvalue weighted by atomic mass is 10.0. The molecule has 1 fully saturated rings. The second kappa shape index (κ2) is 16.6. The van der Waals surface area contributed by atoms with Crippen LogP contribution in [0.5, 0.6) is 5.75 Å². The van der Waals surface area contributed by atoms with E-state index in [1.54, 1.807) is 47.6 Å². The Morgan fingerprint density at radius 2 is 1.74 bits per heavy atom. The Morgan fingerprint density at radius 1 is 1.09 bits per heavy atom. The molecule has 3 amide bonds. The van der Waals surface area contributed by atoms with E-state index in [1.165, 1.54) is 5.01 Å². The average Bonchev–Trinajstić information content (AvgIpc) is 2.93. The van der Waals surface area contributed by atoms with Gasteiger partial charge in [0, 0.05) is 19.4 Å². The van der Waals surface area contributed by atoms with Crippen LogP contribution in [0.2, 0.25) is 18.1 Å². The van der Waals surface area contributed by atoms with Crippen molar-refractivity contribution in [1.29, 1.82) is 0 Å². The topological polar surface area (TPSA) is 135 Å². The zero-order valence-corrected chi connectivity index (χ0v) is 31.3. The zero-order valence-electron chi connectivity index (χ0n) is 30.3. The van der Waals surface area contributed by atoms with Crippen molar-refractivity contribution < 1.29 is 33.1 Å². The van der Waals surface area contributed by atoms with Crippen LogP contribution in [-0.4, -0.2) is 73.6 Å². The smallest absolute Gasteiger partial charge is 0.408 e. The average molecular weight is 675 g/mol. The van der Waals surface area contributed by atoms with Crippen molar-refractivity contribution >= 4 is 32.2 Å². The number of rotatable bonds is 13. The summed E-state index contributed by atoms with van der Waals surface area (Å²) in [5.74, 6) is -0.987. The second-order valence-electron chi connectivity index (χ2n) is 15.2. The van der Waals surface area contributed by atoms with Gasteiger partial charge in [0.15, 0.2) is 0 Å². The molecule has 0 saturated carbocycles. The van der Waals surface area contributed by atoms with Gasteiger partial charge in [-0.1, -0.05) is 52.8 Å². The predicted molar refractivity (Wildman–Crippen MR) is 186 cm³/mol. The van der Waals surface area contributed by atoms with Gasteiger partial charge in [-0.15, -0.1) is 6.58 Å². The van der Waals surface area contributed by atoms with Crippen molar-refractivity contribution in [1.82, 2.24) is 21.1 Å². The minimum absolute atomic E-state index is 0.0103. The number of alkyl carbamates (subject to hydrolysis) is 1. The van der Waals surface area contributed by atoms with Gasteiger partial charge in [0.05, 0.1) is 0 Å². The highest BCUT2D eigenvalue weighted by Crippen LogP contribution is 2.37. The molecule has 1 aliphatic rings. The molecule has 0 aliphatic carbocycles. The van der Waals surface area contributed by atoms with Gasteiger partial charge in [-0.3, -0.25) is 19.4 Å². The van der Waals surface area contributed by atoms with E-state index in [4.69, 9.17) is 13.9 Å². The third-order valence-corrected chi connectivity index (χ3v) is 12.7. The van der Waals surface area contributed by atoms with Crippen LogP contribution in [0.15, 0.2) is 36.9 Å². The molecule has 264 valence electrons. The van der Waals surface area contributed by atoms with E-state index in [2.05, 4.69) is 56.5 Å². The molecule has 47 heavy (non-hydrogen) atoms. The largest absolute Gasteiger partial charge is 0.543 e. The fourth-order valence-corrected chi connectivity index (χ4v) is 5.74. The molecule has 0 bridgehead atoms. The van der Waals surface area contributed by atoms with Crippen LogP contribution in [0, 0.1) is 5.92 Å². The van der Waals surface area contributed by atoms with Gasteiger partial charge in [0.2, 0.25) is 14.2 Å². The number of benzene rings is 1. The first-order valence-corrected chi connectivity index (χ1v) is 19.5. The van der Waals surface area contributed by atoms with Crippen molar-refractivity contribution in [3.05, 3.63) is 42.5 Å². The highest BCUT2D eigenvalue weighted by atomic mass is 28.4. The van der Waals surface area contributed by atoms with Crippen LogP contribution in [0.25, 0.3) is 0 Å². The number of hydrazine groups is 1. The number of esters is 1. The summed E-state index contributed by atoms with van der Waals surface area (Å²) in [4.78, 5) is 53.4. The van der Waals surface area contributed by atoms with Crippen LogP contribution >= 0.6 is 0 Å². The summed E-state index contributed by atoms with van der Waals surface area (Å²) < 4.78 is 17.4. The van der Waals surface area contributed by atoms with Crippen LogP contribution in [0.3, 0.4) is 0 Å². The number of ether oxygens (including phenoxy) is 2. The fourth-order valence-electron chi connectivity index (χ4n) is 4.72. The van der Waals surface area contributed by atoms with Crippen molar-refractivity contribution in [3.63, 3.8) is 0 Å². The number of nitrogens with one attached hydrogen (secondary N) is 3. The van der Waals surface area contributed by atoms with E-state index < -0.39 is 55.9 Å². The molecule has 1 aliphatic heterocycles. The number of hydrogen-bond acceptors (Lipinski definition) is 8. The van der Waals surface area contributed by atoms with Crippen molar-refractivity contribution in [2.24, 2.45) is 5.92 Å². The van der Waals surface area contributed by atoms with E-state index in [-0.39, 0.29) is 23.5 Å². The molecule has 0 aromatic heterocycles. The second-order valence-corrected chi connectivity index (χ2v) is 20.0. The molecule has 0 unspecified atom stereocenters. The molecular weight excluding hydrogens is 616 g/mol. The summed E-state index contributed by atoms with van der Waals surface area (Å²) in [5.41, 5.74) is 3.07. The Bertz CT molecular complexity index is 1260. The lowest BCUT2D eigenvalue weighted by Crippen LogP contribution is -2.62. The van der Waals surface area contributed by atoms with Gasteiger partial charge < -0.3 is 24.5 Å². The molecule has 4 atom stereocenters. The van der Waals surface area contributed by atoms with E-state index in [1.807, 2.05) is 24.3 Å². The van der Waals surface area contributed by atoms with E-state index in [0.717, 1.165) is 5.56 Å². The Kier molecular flexibility index (Phi) is 14.1. The highest BCUT2D eigenvalue weighted by Gasteiger charge is 2.39. The van der Waals surface area contributed by atoms with Crippen molar-refractivity contribution in [3.8, 4) is 5.75 Å². The summed E-state index contributed by atoms with van der Waals surface area (Å²) >= 11 is 0. The van der Waals surface area contributed by atoms with E-state index >= 15 is 0 Å². The monoisotopic (exact) mass is 674 g/mol. The lowest BCUT2D eigenvalue weighted by Gasteiger charge is -2.37. The molecule has 1 heterocycles. The SMILES string of the molecule is C=CC[C@@H](C)OC(=O)[C@@H]1CCCN(C(=O)[C@H](Cc2cccc(O[Si](C)(C)C(C)(C)C)c2)NC(=O)[C@@H](NC(=O)OC(C)(C)C)C(C)C)N1. The number of carbonyl (C=O) groups is 4. The van der Waals surface area contributed by atoms with Gasteiger partial charge in [0.25, 0.3) is 5.91 Å². The summed E-state index contributed by atoms with van der Waals surface area (Å²) in [6.45, 7) is 25.5. The maximum atomic E-state index is 14.1. The molecule has 3 N–H and O–H groups in total. The predicted octanol–water partition coefficient (Wildman–Crippen LogP) is 5.65. The molecule has 12 heteroatoms. The molecule has 11 nitrogen and oxygen atoms in total. The van der Waals surface area contributed by atoms with Crippen LogP contribution in [-0.2, 0) is 30.3 Å². The molecule has 1 saturated heterocycles. The minimum atomic E-state index is -2.14. The quantitative estimate of drug-likeness (QED) is 0.139. The van der Waals surface area contributed by atoms with Gasteiger partial charge in [-0.2, -0.15) is 0 Å². The third kappa shape index (κ3) is 12.6. The van der Waals surface area contributed by atoms with Crippen LogP contribution in [0.1, 0.15) is 87.1 Å². The van der Waals surface area contributed by atoms with E-state index in [9.17, 15) is 19.2 Å². The minimum Gasteiger partial charge on any atom is -0.543 e. The molecule has 0 radical (unpaired) electrons. The van der Waals surface area contributed by atoms with Crippen molar-refractivity contribution in [2.75, 3.05) is 6.54 Å². The Labute approximate surface area is 282 Å². The first-order chi connectivity index (χ1) is 21.6. The first kappa shape index (κ1) is 39.8. The highest BCUT2D eigenvalue weighted by molar-refractivity contribution is 6.74. The van der Waals surface area contributed by atoms with Gasteiger partial charge in [-0.05, 0) is 82.3 Å². The molecule has 2 rings (SSSR count). The molecule has 1 aromatic rings. The summed E-state index contributed by atoms with van der Waals surface area (Å²) in [7, 11) is -2.14. The molecule has 1 aromatic carbocycles. The molecule has 0 spiro atoms. The standard InChI is InChI=1S/C35H58N4O7Si/c1-13-16-24(4)44-32(42)27-19-15-20-39(38-27)31(41)28(36-30(40)29(23(2)3)37-33(43)45-34(5,6)7)22-25-17-14-18-26(21-25)46-47(11,12)35(8,9)10/h13-14,17-18,21,23-24,27-29,38H,1,15-16,19-20,22H2,2-12H3,(H,36,40)(H,37,43)/t24-,27+,28+,29+/m1/s1. The number of amides is 3. The number of nitrogens with zero attached hydrogens (tertiary/aromatic N) is 1. The van der Waals surface area contributed by atoms with Gasteiger partial charge in [0.1, 0.15) is 35.6 Å². The first-order valence-electron chi connectivity index (χ1n) is 16.6. The summed E-state index contributed by atoms with van der Waals surface area (Å²) in [5, 5.41) is 6.94. The van der Waals surface area contributed by atoms with Gasteiger partial charge >= 0.3 is 12.1 Å². The lowest BCUT2D eigenvalue weighted by molar-refractivity contribution is -0.156. The number of carbonyl (C=O) groups excluding carboxylic acids is 4. The Hall–Kier alpha value is -3.38. The zero-order chi connectivity index (χ0) is 35.7. The van der Waals surface area contributed by atoms with Gasteiger partial charge in [-0.25, -0.2) is 10.2 Å². The third-order valence-electron chi connectivity index (χ3n) is 8.31. The fraction of sp³-hybridized carbons (Fsp3) is 0.657. The maximum Gasteiger partial charge on any atom is 0.408 e. The summed E-state index contributed by atoms with van der Waals surface area (Å²) in [6, 6.07) is 4.86. The van der Waals surface area contributed by atoms with Crippen LogP contribution < -0.4 is 20.5 Å².